The second-order valence-electron chi connectivity index (χ2n) is 7.57. The van der Waals surface area contributed by atoms with Gasteiger partial charge in [0, 0.05) is 44.0 Å². The smallest absolute Gasteiger partial charge is 0.227 e. The van der Waals surface area contributed by atoms with Crippen molar-refractivity contribution in [2.75, 3.05) is 24.5 Å². The monoisotopic (exact) mass is 361 g/mol. The first kappa shape index (κ1) is 16.3. The Morgan fingerprint density at radius 1 is 1.15 bits per heavy atom. The van der Waals surface area contributed by atoms with Gasteiger partial charge in [0.2, 0.25) is 5.91 Å². The van der Waals surface area contributed by atoms with Gasteiger partial charge in [0.05, 0.1) is 12.1 Å². The molecule has 0 saturated carbocycles. The molecule has 2 aliphatic rings. The van der Waals surface area contributed by atoms with Gasteiger partial charge in [-0.1, -0.05) is 24.3 Å². The molecule has 0 aliphatic carbocycles. The highest BCUT2D eigenvalue weighted by molar-refractivity contribution is 5.80. The Kier molecular flexibility index (Phi) is 3.85. The molecule has 138 valence electrons. The van der Waals surface area contributed by atoms with Gasteiger partial charge in [-0.05, 0) is 30.9 Å². The molecule has 27 heavy (non-hydrogen) atoms. The number of anilines is 1. The first-order chi connectivity index (χ1) is 13.2. The van der Waals surface area contributed by atoms with Gasteiger partial charge >= 0.3 is 0 Å². The molecule has 0 radical (unpaired) electrons. The first-order valence-electron chi connectivity index (χ1n) is 9.61. The van der Waals surface area contributed by atoms with Crippen LogP contribution in [0.2, 0.25) is 0 Å². The lowest BCUT2D eigenvalue weighted by atomic mass is 9.98. The molecular formula is C21H23N5O. The Balaban J connectivity index is 1.33. The second kappa shape index (κ2) is 6.37. The van der Waals surface area contributed by atoms with Crippen molar-refractivity contribution in [1.29, 1.82) is 0 Å². The number of rotatable bonds is 2. The molecule has 1 atom stereocenters. The minimum Gasteiger partial charge on any atom is -0.356 e. The van der Waals surface area contributed by atoms with Crippen molar-refractivity contribution in [1.82, 2.24) is 19.5 Å². The van der Waals surface area contributed by atoms with Gasteiger partial charge in [-0.15, -0.1) is 0 Å². The SMILES string of the molecule is Cc1cc(N2CCC(C(=O)N3CCc4ccccc4C3)C2)n2nccc2n1. The van der Waals surface area contributed by atoms with Crippen LogP contribution in [0.5, 0.6) is 0 Å². The summed E-state index contributed by atoms with van der Waals surface area (Å²) in [4.78, 5) is 22.0. The van der Waals surface area contributed by atoms with Crippen molar-refractivity contribution in [3.05, 3.63) is 59.4 Å². The fourth-order valence-electron chi connectivity index (χ4n) is 4.36. The highest BCUT2D eigenvalue weighted by Gasteiger charge is 2.33. The Hall–Kier alpha value is -2.89. The van der Waals surface area contributed by atoms with Crippen LogP contribution in [0.4, 0.5) is 5.82 Å². The van der Waals surface area contributed by atoms with E-state index in [1.54, 1.807) is 6.20 Å². The van der Waals surface area contributed by atoms with Crippen LogP contribution in [-0.2, 0) is 17.8 Å². The van der Waals surface area contributed by atoms with E-state index in [1.165, 1.54) is 11.1 Å². The van der Waals surface area contributed by atoms with Gasteiger partial charge in [0.25, 0.3) is 0 Å². The maximum Gasteiger partial charge on any atom is 0.227 e. The molecule has 2 aromatic heterocycles. The van der Waals surface area contributed by atoms with E-state index in [1.807, 2.05) is 22.4 Å². The van der Waals surface area contributed by atoms with Gasteiger partial charge < -0.3 is 9.80 Å². The van der Waals surface area contributed by atoms with E-state index in [4.69, 9.17) is 0 Å². The highest BCUT2D eigenvalue weighted by atomic mass is 16.2. The van der Waals surface area contributed by atoms with E-state index in [9.17, 15) is 4.79 Å². The molecular weight excluding hydrogens is 338 g/mol. The van der Waals surface area contributed by atoms with Gasteiger partial charge in [-0.3, -0.25) is 4.79 Å². The number of benzene rings is 1. The van der Waals surface area contributed by atoms with E-state index in [0.717, 1.165) is 56.2 Å². The minimum atomic E-state index is 0.0503. The molecule has 4 heterocycles. The van der Waals surface area contributed by atoms with Gasteiger partial charge in [0.15, 0.2) is 5.65 Å². The lowest BCUT2D eigenvalue weighted by molar-refractivity contribution is -0.135. The van der Waals surface area contributed by atoms with E-state index in [-0.39, 0.29) is 11.8 Å². The van der Waals surface area contributed by atoms with Crippen LogP contribution < -0.4 is 4.90 Å². The molecule has 0 N–H and O–H groups in total. The Morgan fingerprint density at radius 2 is 2.00 bits per heavy atom. The van der Waals surface area contributed by atoms with Crippen molar-refractivity contribution >= 4 is 17.4 Å². The van der Waals surface area contributed by atoms with Gasteiger partial charge in [-0.2, -0.15) is 9.61 Å². The number of hydrogen-bond donors (Lipinski definition) is 0. The largest absolute Gasteiger partial charge is 0.356 e. The van der Waals surface area contributed by atoms with Crippen LogP contribution in [0.15, 0.2) is 42.6 Å². The summed E-state index contributed by atoms with van der Waals surface area (Å²) in [5, 5.41) is 4.41. The fourth-order valence-corrected chi connectivity index (χ4v) is 4.36. The molecule has 1 unspecified atom stereocenters. The summed E-state index contributed by atoms with van der Waals surface area (Å²) < 4.78 is 1.87. The summed E-state index contributed by atoms with van der Waals surface area (Å²) in [5.41, 5.74) is 4.49. The lowest BCUT2D eigenvalue weighted by Gasteiger charge is -2.31. The maximum atomic E-state index is 13.1. The Morgan fingerprint density at radius 3 is 2.89 bits per heavy atom. The van der Waals surface area contributed by atoms with Gasteiger partial charge in [0.1, 0.15) is 5.82 Å². The molecule has 3 aromatic rings. The van der Waals surface area contributed by atoms with E-state index < -0.39 is 0 Å². The minimum absolute atomic E-state index is 0.0503. The van der Waals surface area contributed by atoms with Crippen molar-refractivity contribution < 1.29 is 4.79 Å². The quantitative estimate of drug-likeness (QED) is 0.704. The Bertz CT molecular complexity index is 1010. The number of nitrogens with zero attached hydrogens (tertiary/aromatic N) is 5. The van der Waals surface area contributed by atoms with Crippen LogP contribution in [0.1, 0.15) is 23.2 Å². The number of aryl methyl sites for hydroxylation is 1. The Labute approximate surface area is 158 Å². The van der Waals surface area contributed by atoms with Crippen LogP contribution in [0.25, 0.3) is 5.65 Å². The summed E-state index contributed by atoms with van der Waals surface area (Å²) in [6.45, 7) is 5.18. The van der Waals surface area contributed by atoms with Crippen molar-refractivity contribution in [2.24, 2.45) is 5.92 Å². The molecule has 6 heteroatoms. The molecule has 2 aliphatic heterocycles. The zero-order valence-electron chi connectivity index (χ0n) is 15.5. The maximum absolute atomic E-state index is 13.1. The molecule has 5 rings (SSSR count). The normalized spacial score (nSPS) is 19.5. The lowest BCUT2D eigenvalue weighted by Crippen LogP contribution is -2.40. The van der Waals surface area contributed by atoms with E-state index in [0.29, 0.717) is 0 Å². The third kappa shape index (κ3) is 2.85. The summed E-state index contributed by atoms with van der Waals surface area (Å²) in [6, 6.07) is 12.4. The second-order valence-corrected chi connectivity index (χ2v) is 7.57. The number of aromatic nitrogens is 3. The third-order valence-electron chi connectivity index (χ3n) is 5.77. The van der Waals surface area contributed by atoms with Gasteiger partial charge in [-0.25, -0.2) is 4.98 Å². The number of hydrogen-bond acceptors (Lipinski definition) is 4. The molecule has 1 saturated heterocycles. The van der Waals surface area contributed by atoms with Crippen LogP contribution in [0.3, 0.4) is 0 Å². The molecule has 0 bridgehead atoms. The summed E-state index contributed by atoms with van der Waals surface area (Å²) in [6.07, 6.45) is 3.62. The number of fused-ring (bicyclic) bond motifs is 2. The molecule has 1 amide bonds. The summed E-state index contributed by atoms with van der Waals surface area (Å²) >= 11 is 0. The predicted molar refractivity (Wildman–Crippen MR) is 104 cm³/mol. The zero-order valence-corrected chi connectivity index (χ0v) is 15.5. The van der Waals surface area contributed by atoms with Crippen molar-refractivity contribution in [3.8, 4) is 0 Å². The zero-order chi connectivity index (χ0) is 18.4. The fraction of sp³-hybridized carbons (Fsp3) is 0.381. The molecule has 0 spiro atoms. The van der Waals surface area contributed by atoms with Crippen LogP contribution in [0, 0.1) is 12.8 Å². The average Bonchev–Trinajstić information content (AvgIpc) is 3.36. The predicted octanol–water partition coefficient (Wildman–Crippen LogP) is 2.45. The van der Waals surface area contributed by atoms with Crippen LogP contribution in [-0.4, -0.2) is 45.0 Å². The van der Waals surface area contributed by atoms with Crippen molar-refractivity contribution in [2.45, 2.75) is 26.3 Å². The third-order valence-corrected chi connectivity index (χ3v) is 5.77. The number of carbonyl (C=O) groups is 1. The highest BCUT2D eigenvalue weighted by Crippen LogP contribution is 2.28. The van der Waals surface area contributed by atoms with Crippen LogP contribution >= 0.6 is 0 Å². The summed E-state index contributed by atoms with van der Waals surface area (Å²) in [5.74, 6) is 1.37. The standard InChI is InChI=1S/C21H23N5O/c1-15-12-20(26-19(23-15)6-9-22-26)24-10-8-18(14-24)21(27)25-11-7-16-4-2-3-5-17(16)13-25/h2-6,9,12,18H,7-8,10-11,13-14H2,1H3. The molecule has 6 nitrogen and oxygen atoms in total. The average molecular weight is 361 g/mol. The first-order valence-corrected chi connectivity index (χ1v) is 9.61. The molecule has 1 aromatic carbocycles. The topological polar surface area (TPSA) is 53.7 Å². The number of amides is 1. The number of carbonyl (C=O) groups excluding carboxylic acids is 1. The van der Waals surface area contributed by atoms with E-state index >= 15 is 0 Å². The molecule has 1 fully saturated rings. The van der Waals surface area contributed by atoms with E-state index in [2.05, 4.69) is 45.3 Å². The summed E-state index contributed by atoms with van der Waals surface area (Å²) in [7, 11) is 0. The van der Waals surface area contributed by atoms with Crippen molar-refractivity contribution in [3.63, 3.8) is 0 Å².